The van der Waals surface area contributed by atoms with Gasteiger partial charge in [-0.3, -0.25) is 9.78 Å². The summed E-state index contributed by atoms with van der Waals surface area (Å²) in [7, 11) is 0. The molecule has 0 bridgehead atoms. The van der Waals surface area contributed by atoms with Crippen molar-refractivity contribution in [1.82, 2.24) is 24.4 Å². The highest BCUT2D eigenvalue weighted by atomic mass is 35.5. The Morgan fingerprint density at radius 2 is 1.98 bits per heavy atom. The van der Waals surface area contributed by atoms with Crippen LogP contribution >= 0.6 is 11.6 Å². The molecule has 0 aliphatic carbocycles. The molecule has 1 unspecified atom stereocenters. The van der Waals surface area contributed by atoms with Gasteiger partial charge in [0, 0.05) is 37.8 Å². The first-order valence-corrected chi connectivity index (χ1v) is 14.3. The lowest BCUT2D eigenvalue weighted by Crippen LogP contribution is -2.55. The fourth-order valence-corrected chi connectivity index (χ4v) is 5.79. The zero-order valence-electron chi connectivity index (χ0n) is 23.9. The molecule has 1 aliphatic rings. The SMILES string of the molecule is CCC(=O)N1CCN(c2nc(=O)n(-c3c(C)ccnc3C(C)C)c3nc(-c4ccccc4F)c(Cl)cc23)CC1CC#N. The minimum Gasteiger partial charge on any atom is -0.352 e. The van der Waals surface area contributed by atoms with Crippen molar-refractivity contribution in [2.24, 2.45) is 0 Å². The Hall–Kier alpha value is -4.36. The highest BCUT2D eigenvalue weighted by molar-refractivity contribution is 6.33. The molecule has 1 atom stereocenters. The number of carbonyl (C=O) groups is 1. The van der Waals surface area contributed by atoms with E-state index in [9.17, 15) is 19.2 Å². The number of anilines is 1. The molecule has 0 spiro atoms. The van der Waals surface area contributed by atoms with Crippen LogP contribution in [0.4, 0.5) is 10.2 Å². The molecule has 11 heteroatoms. The van der Waals surface area contributed by atoms with Crippen LogP contribution < -0.4 is 10.6 Å². The van der Waals surface area contributed by atoms with Gasteiger partial charge < -0.3 is 9.80 Å². The summed E-state index contributed by atoms with van der Waals surface area (Å²) in [5.74, 6) is -0.197. The molecule has 0 radical (unpaired) electrons. The van der Waals surface area contributed by atoms with Gasteiger partial charge in [0.1, 0.15) is 11.6 Å². The van der Waals surface area contributed by atoms with E-state index >= 15 is 0 Å². The third kappa shape index (κ3) is 5.21. The maximum atomic E-state index is 15.0. The Bertz CT molecular complexity index is 1780. The van der Waals surface area contributed by atoms with Crippen molar-refractivity contribution < 1.29 is 9.18 Å². The lowest BCUT2D eigenvalue weighted by molar-refractivity contribution is -0.133. The van der Waals surface area contributed by atoms with E-state index < -0.39 is 11.5 Å². The number of benzene rings is 1. The smallest absolute Gasteiger partial charge is 0.352 e. The van der Waals surface area contributed by atoms with Crippen molar-refractivity contribution in [3.8, 4) is 23.0 Å². The van der Waals surface area contributed by atoms with Crippen LogP contribution in [0.1, 0.15) is 50.8 Å². The predicted molar refractivity (Wildman–Crippen MR) is 160 cm³/mol. The second-order valence-corrected chi connectivity index (χ2v) is 11.0. The van der Waals surface area contributed by atoms with E-state index in [4.69, 9.17) is 16.6 Å². The molecule has 9 nitrogen and oxygen atoms in total. The van der Waals surface area contributed by atoms with Crippen LogP contribution in [-0.4, -0.2) is 56.0 Å². The standard InChI is InChI=1S/C31H31ClFN7O2/c1-5-25(41)39-15-14-38(17-20(39)10-12-34)29-22-16-23(32)27(21-8-6-7-9-24(21)33)36-30(22)40(31(42)37-29)28-19(4)11-13-35-26(28)18(2)3/h6-9,11,13,16,18,20H,5,10,14-15,17H2,1-4H3. The number of aryl methyl sites for hydroxylation is 1. The van der Waals surface area contributed by atoms with Crippen LogP contribution in [0.2, 0.25) is 5.02 Å². The number of piperazine rings is 1. The summed E-state index contributed by atoms with van der Waals surface area (Å²) in [4.78, 5) is 44.1. The summed E-state index contributed by atoms with van der Waals surface area (Å²) in [6.07, 6.45) is 2.17. The Balaban J connectivity index is 1.79. The van der Waals surface area contributed by atoms with Gasteiger partial charge >= 0.3 is 5.69 Å². The molecule has 0 N–H and O–H groups in total. The zero-order chi connectivity index (χ0) is 30.1. The molecule has 4 aromatic rings. The van der Waals surface area contributed by atoms with Crippen LogP contribution in [0.25, 0.3) is 28.0 Å². The Morgan fingerprint density at radius 1 is 1.21 bits per heavy atom. The van der Waals surface area contributed by atoms with Gasteiger partial charge in [0.05, 0.1) is 46.0 Å². The molecule has 216 valence electrons. The summed E-state index contributed by atoms with van der Waals surface area (Å²) in [5.41, 5.74) is 2.14. The molecular weight excluding hydrogens is 557 g/mol. The van der Waals surface area contributed by atoms with Gasteiger partial charge in [0.15, 0.2) is 5.65 Å². The van der Waals surface area contributed by atoms with E-state index in [-0.39, 0.29) is 46.2 Å². The number of pyridine rings is 2. The van der Waals surface area contributed by atoms with Crippen LogP contribution in [-0.2, 0) is 4.79 Å². The molecular formula is C31H31ClFN7O2. The second kappa shape index (κ2) is 11.9. The molecule has 1 amide bonds. The third-order valence-electron chi connectivity index (χ3n) is 7.59. The largest absolute Gasteiger partial charge is 0.355 e. The number of fused-ring (bicyclic) bond motifs is 1. The third-order valence-corrected chi connectivity index (χ3v) is 7.88. The fraction of sp³-hybridized carbons (Fsp3) is 0.355. The van der Waals surface area contributed by atoms with Crippen LogP contribution in [0.3, 0.4) is 0 Å². The second-order valence-electron chi connectivity index (χ2n) is 10.6. The van der Waals surface area contributed by atoms with Gasteiger partial charge in [-0.2, -0.15) is 10.2 Å². The summed E-state index contributed by atoms with van der Waals surface area (Å²) < 4.78 is 16.4. The molecule has 4 heterocycles. The van der Waals surface area contributed by atoms with Crippen molar-refractivity contribution in [2.45, 2.75) is 52.5 Å². The first kappa shape index (κ1) is 29.1. The van der Waals surface area contributed by atoms with E-state index in [1.807, 2.05) is 31.7 Å². The topological polar surface area (TPSA) is 108 Å². The summed E-state index contributed by atoms with van der Waals surface area (Å²) >= 11 is 6.76. The van der Waals surface area contributed by atoms with Gasteiger partial charge in [-0.1, -0.05) is 44.5 Å². The minimum atomic E-state index is -0.575. The van der Waals surface area contributed by atoms with E-state index in [1.54, 1.807) is 42.3 Å². The number of hydrogen-bond donors (Lipinski definition) is 0. The molecule has 1 aliphatic heterocycles. The first-order valence-electron chi connectivity index (χ1n) is 13.9. The van der Waals surface area contributed by atoms with E-state index in [0.29, 0.717) is 48.6 Å². The quantitative estimate of drug-likeness (QED) is 0.297. The van der Waals surface area contributed by atoms with Crippen molar-refractivity contribution in [2.75, 3.05) is 24.5 Å². The number of nitriles is 1. The van der Waals surface area contributed by atoms with Gasteiger partial charge in [0.2, 0.25) is 5.91 Å². The van der Waals surface area contributed by atoms with Crippen LogP contribution in [0.5, 0.6) is 0 Å². The number of rotatable bonds is 6. The van der Waals surface area contributed by atoms with Gasteiger partial charge in [-0.25, -0.2) is 18.7 Å². The van der Waals surface area contributed by atoms with Crippen molar-refractivity contribution in [1.29, 1.82) is 5.26 Å². The minimum absolute atomic E-state index is 0.0178. The van der Waals surface area contributed by atoms with E-state index in [1.165, 1.54) is 10.6 Å². The van der Waals surface area contributed by atoms with Crippen molar-refractivity contribution in [3.63, 3.8) is 0 Å². The summed E-state index contributed by atoms with van der Waals surface area (Å²) in [6.45, 7) is 8.73. The maximum Gasteiger partial charge on any atom is 0.355 e. The average Bonchev–Trinajstić information content (AvgIpc) is 2.97. The highest BCUT2D eigenvalue weighted by Gasteiger charge is 2.32. The molecule has 42 heavy (non-hydrogen) atoms. The molecule has 0 saturated carbocycles. The Kier molecular flexibility index (Phi) is 8.23. The average molecular weight is 588 g/mol. The van der Waals surface area contributed by atoms with Gasteiger partial charge in [-0.15, -0.1) is 0 Å². The zero-order valence-corrected chi connectivity index (χ0v) is 24.7. The molecule has 3 aromatic heterocycles. The lowest BCUT2D eigenvalue weighted by atomic mass is 10.0. The predicted octanol–water partition coefficient (Wildman–Crippen LogP) is 5.41. The number of aromatic nitrogens is 4. The van der Waals surface area contributed by atoms with E-state index in [2.05, 4.69) is 16.0 Å². The molecule has 5 rings (SSSR count). The first-order chi connectivity index (χ1) is 20.2. The fourth-order valence-electron chi connectivity index (χ4n) is 5.53. The molecule has 1 aromatic carbocycles. The summed E-state index contributed by atoms with van der Waals surface area (Å²) in [6, 6.07) is 11.5. The number of carbonyl (C=O) groups excluding carboxylic acids is 1. The number of halogens is 2. The molecule has 1 saturated heterocycles. The monoisotopic (exact) mass is 587 g/mol. The Labute approximate surface area is 248 Å². The number of amides is 1. The normalized spacial score (nSPS) is 15.3. The van der Waals surface area contributed by atoms with Gasteiger partial charge in [0.25, 0.3) is 0 Å². The lowest BCUT2D eigenvalue weighted by Gasteiger charge is -2.41. The number of hydrogen-bond acceptors (Lipinski definition) is 7. The summed E-state index contributed by atoms with van der Waals surface area (Å²) in [5, 5.41) is 10.2. The van der Waals surface area contributed by atoms with E-state index in [0.717, 1.165) is 5.56 Å². The number of nitrogens with zero attached hydrogens (tertiary/aromatic N) is 7. The Morgan fingerprint density at radius 3 is 2.67 bits per heavy atom. The van der Waals surface area contributed by atoms with Crippen LogP contribution in [0.15, 0.2) is 47.4 Å². The molecule has 1 fully saturated rings. The van der Waals surface area contributed by atoms with Crippen molar-refractivity contribution in [3.05, 3.63) is 75.2 Å². The maximum absolute atomic E-state index is 15.0. The van der Waals surface area contributed by atoms with Gasteiger partial charge in [-0.05, 0) is 42.7 Å². The van der Waals surface area contributed by atoms with Crippen molar-refractivity contribution >= 4 is 34.4 Å². The highest BCUT2D eigenvalue weighted by Crippen LogP contribution is 2.36. The van der Waals surface area contributed by atoms with Crippen LogP contribution in [0, 0.1) is 24.1 Å².